The minimum Gasteiger partial charge on any atom is -0.496 e. The molecule has 0 aliphatic carbocycles. The van der Waals surface area contributed by atoms with Crippen molar-refractivity contribution in [3.63, 3.8) is 0 Å². The third-order valence-corrected chi connectivity index (χ3v) is 4.59. The zero-order valence-electron chi connectivity index (χ0n) is 15.9. The molecule has 2 N–H and O–H groups in total. The van der Waals surface area contributed by atoms with Crippen molar-refractivity contribution >= 4 is 40.1 Å². The Balaban J connectivity index is 2.03. The van der Waals surface area contributed by atoms with E-state index in [-0.39, 0.29) is 16.9 Å². The predicted molar refractivity (Wildman–Crippen MR) is 108 cm³/mol. The average molecular weight is 402 g/mol. The molecule has 2 aromatic carbocycles. The van der Waals surface area contributed by atoms with Gasteiger partial charge in [0.15, 0.2) is 0 Å². The zero-order valence-corrected chi connectivity index (χ0v) is 16.7. The molecule has 0 atom stereocenters. The number of amides is 1. The van der Waals surface area contributed by atoms with Gasteiger partial charge in [-0.25, -0.2) is 4.79 Å². The summed E-state index contributed by atoms with van der Waals surface area (Å²) in [7, 11) is 1.54. The lowest BCUT2D eigenvalue weighted by molar-refractivity contribution is 0.0666. The van der Waals surface area contributed by atoms with Crippen LogP contribution in [0, 0.1) is 0 Å². The Bertz CT molecular complexity index is 1080. The van der Waals surface area contributed by atoms with Crippen molar-refractivity contribution in [2.45, 2.75) is 26.2 Å². The number of methoxy groups -OCH3 is 1. The number of hydrogen-bond donors (Lipinski definition) is 2. The van der Waals surface area contributed by atoms with Crippen LogP contribution in [0.1, 0.15) is 47.2 Å². The highest BCUT2D eigenvalue weighted by Gasteiger charge is 2.24. The average Bonchev–Trinajstić information content (AvgIpc) is 2.98. The molecule has 28 heavy (non-hydrogen) atoms. The number of carboxylic acids is 1. The van der Waals surface area contributed by atoms with E-state index in [4.69, 9.17) is 20.8 Å². The topological polar surface area (TPSA) is 88.8 Å². The van der Waals surface area contributed by atoms with Gasteiger partial charge >= 0.3 is 5.97 Å². The maximum absolute atomic E-state index is 12.8. The zero-order chi connectivity index (χ0) is 20.6. The van der Waals surface area contributed by atoms with Gasteiger partial charge in [-0.1, -0.05) is 38.4 Å². The maximum atomic E-state index is 12.8. The smallest absolute Gasteiger partial charge is 0.374 e. The lowest BCUT2D eigenvalue weighted by atomic mass is 9.85. The van der Waals surface area contributed by atoms with Gasteiger partial charge in [0.25, 0.3) is 5.91 Å². The molecule has 0 saturated heterocycles. The molecule has 0 bridgehead atoms. The predicted octanol–water partition coefficient (Wildman–Crippen LogP) is 5.34. The second-order valence-corrected chi connectivity index (χ2v) is 7.81. The number of halogens is 1. The summed E-state index contributed by atoms with van der Waals surface area (Å²) in [6.07, 6.45) is 0. The van der Waals surface area contributed by atoms with Gasteiger partial charge in [0.2, 0.25) is 5.76 Å². The van der Waals surface area contributed by atoms with Gasteiger partial charge in [0.1, 0.15) is 17.0 Å². The van der Waals surface area contributed by atoms with E-state index in [0.717, 1.165) is 5.56 Å². The summed E-state index contributed by atoms with van der Waals surface area (Å²) in [5.74, 6) is -1.55. The summed E-state index contributed by atoms with van der Waals surface area (Å²) < 4.78 is 10.8. The molecule has 1 aromatic heterocycles. The van der Waals surface area contributed by atoms with Crippen molar-refractivity contribution in [2.24, 2.45) is 0 Å². The summed E-state index contributed by atoms with van der Waals surface area (Å²) in [6, 6.07) is 9.82. The minimum absolute atomic E-state index is 0.0638. The third kappa shape index (κ3) is 3.68. The highest BCUT2D eigenvalue weighted by Crippen LogP contribution is 2.35. The number of carbonyl (C=O) groups is 2. The van der Waals surface area contributed by atoms with E-state index in [9.17, 15) is 14.7 Å². The van der Waals surface area contributed by atoms with Crippen LogP contribution in [0.5, 0.6) is 5.75 Å². The van der Waals surface area contributed by atoms with Crippen molar-refractivity contribution in [1.82, 2.24) is 0 Å². The first-order chi connectivity index (χ1) is 13.1. The highest BCUT2D eigenvalue weighted by atomic mass is 35.5. The van der Waals surface area contributed by atoms with Gasteiger partial charge in [0.05, 0.1) is 7.11 Å². The molecule has 7 heteroatoms. The highest BCUT2D eigenvalue weighted by molar-refractivity contribution is 6.31. The number of benzene rings is 2. The molecule has 3 rings (SSSR count). The number of ether oxygens (including phenoxy) is 1. The van der Waals surface area contributed by atoms with Crippen LogP contribution < -0.4 is 10.1 Å². The summed E-state index contributed by atoms with van der Waals surface area (Å²) >= 11 is 6.01. The number of furan rings is 1. The van der Waals surface area contributed by atoms with Crippen LogP contribution in [0.15, 0.2) is 40.8 Å². The molecule has 0 aliphatic rings. The maximum Gasteiger partial charge on any atom is 0.374 e. The number of carboxylic acid groups (broad SMARTS) is 1. The summed E-state index contributed by atoms with van der Waals surface area (Å²) in [6.45, 7) is 6.14. The van der Waals surface area contributed by atoms with E-state index in [1.165, 1.54) is 0 Å². The third-order valence-electron chi connectivity index (χ3n) is 4.35. The van der Waals surface area contributed by atoms with Gasteiger partial charge in [-0.3, -0.25) is 4.79 Å². The first-order valence-electron chi connectivity index (χ1n) is 8.57. The van der Waals surface area contributed by atoms with Crippen LogP contribution in [0.4, 0.5) is 5.69 Å². The Hall–Kier alpha value is -2.99. The molecule has 6 nitrogen and oxygen atoms in total. The molecule has 146 valence electrons. The van der Waals surface area contributed by atoms with Crippen LogP contribution >= 0.6 is 11.6 Å². The number of rotatable bonds is 4. The fourth-order valence-corrected chi connectivity index (χ4v) is 3.15. The van der Waals surface area contributed by atoms with E-state index >= 15 is 0 Å². The van der Waals surface area contributed by atoms with Crippen molar-refractivity contribution in [2.75, 3.05) is 12.4 Å². The molecule has 1 heterocycles. The van der Waals surface area contributed by atoms with Crippen LogP contribution in [-0.4, -0.2) is 24.1 Å². The standard InChI is InChI=1S/C21H20ClNO5/c1-21(2,3)14-7-5-11(9-16(14)27-4)19(24)23-17-13-10-12(22)6-8-15(13)28-18(17)20(25)26/h5-10H,1-4H3,(H,23,24)(H,25,26). The van der Waals surface area contributed by atoms with E-state index in [0.29, 0.717) is 27.3 Å². The molecule has 0 fully saturated rings. The second-order valence-electron chi connectivity index (χ2n) is 7.37. The molecule has 1 amide bonds. The Morgan fingerprint density at radius 1 is 1.14 bits per heavy atom. The van der Waals surface area contributed by atoms with E-state index in [2.05, 4.69) is 5.32 Å². The van der Waals surface area contributed by atoms with Crippen LogP contribution in [-0.2, 0) is 5.41 Å². The number of nitrogens with one attached hydrogen (secondary N) is 1. The molecule has 0 radical (unpaired) electrons. The Morgan fingerprint density at radius 3 is 2.46 bits per heavy atom. The summed E-state index contributed by atoms with van der Waals surface area (Å²) in [5, 5.41) is 12.9. The molecule has 0 saturated carbocycles. The van der Waals surface area contributed by atoms with Gasteiger partial charge in [0, 0.05) is 16.0 Å². The van der Waals surface area contributed by atoms with E-state index in [1.54, 1.807) is 37.4 Å². The number of fused-ring (bicyclic) bond motifs is 1. The molecule has 3 aromatic rings. The molecule has 0 unspecified atom stereocenters. The summed E-state index contributed by atoms with van der Waals surface area (Å²) in [5.41, 5.74) is 1.51. The fourth-order valence-electron chi connectivity index (χ4n) is 2.98. The molecule has 0 aliphatic heterocycles. The number of hydrogen-bond acceptors (Lipinski definition) is 4. The number of aromatic carboxylic acids is 1. The van der Waals surface area contributed by atoms with E-state index < -0.39 is 11.9 Å². The van der Waals surface area contributed by atoms with Crippen molar-refractivity contribution in [3.05, 3.63) is 58.3 Å². The Kier molecular flexibility index (Phi) is 5.08. The Morgan fingerprint density at radius 2 is 1.86 bits per heavy atom. The first kappa shape index (κ1) is 19.8. The number of carbonyl (C=O) groups excluding carboxylic acids is 1. The van der Waals surface area contributed by atoms with Crippen LogP contribution in [0.2, 0.25) is 5.02 Å². The van der Waals surface area contributed by atoms with Crippen LogP contribution in [0.3, 0.4) is 0 Å². The summed E-state index contributed by atoms with van der Waals surface area (Å²) in [4.78, 5) is 24.4. The van der Waals surface area contributed by atoms with Crippen LogP contribution in [0.25, 0.3) is 11.0 Å². The minimum atomic E-state index is -1.29. The molecular formula is C21H20ClNO5. The quantitative estimate of drug-likeness (QED) is 0.615. The van der Waals surface area contributed by atoms with Gasteiger partial charge in [-0.15, -0.1) is 0 Å². The SMILES string of the molecule is COc1cc(C(=O)Nc2c(C(=O)O)oc3ccc(Cl)cc23)ccc1C(C)(C)C. The van der Waals surface area contributed by atoms with Crippen molar-refractivity contribution in [3.8, 4) is 5.75 Å². The van der Waals surface area contributed by atoms with Gasteiger partial charge in [-0.2, -0.15) is 0 Å². The fraction of sp³-hybridized carbons (Fsp3) is 0.238. The van der Waals surface area contributed by atoms with Gasteiger partial charge < -0.3 is 19.6 Å². The lowest BCUT2D eigenvalue weighted by Gasteiger charge is -2.22. The molecule has 0 spiro atoms. The normalized spacial score (nSPS) is 11.5. The van der Waals surface area contributed by atoms with Crippen molar-refractivity contribution < 1.29 is 23.8 Å². The number of anilines is 1. The van der Waals surface area contributed by atoms with Crippen molar-refractivity contribution in [1.29, 1.82) is 0 Å². The van der Waals surface area contributed by atoms with Gasteiger partial charge in [-0.05, 0) is 41.3 Å². The second kappa shape index (κ2) is 7.20. The van der Waals surface area contributed by atoms with E-state index in [1.807, 2.05) is 26.8 Å². The molecular weight excluding hydrogens is 382 g/mol. The first-order valence-corrected chi connectivity index (χ1v) is 8.95. The largest absolute Gasteiger partial charge is 0.496 e. The monoisotopic (exact) mass is 401 g/mol. The Labute approximate surface area is 167 Å². The lowest BCUT2D eigenvalue weighted by Crippen LogP contribution is -2.16.